The number of ether oxygens (including phenoxy) is 3. The van der Waals surface area contributed by atoms with E-state index in [9.17, 15) is 14.4 Å². The molecule has 0 aromatic rings. The van der Waals surface area contributed by atoms with E-state index in [1.54, 1.807) is 34.6 Å². The van der Waals surface area contributed by atoms with Gasteiger partial charge in [-0.1, -0.05) is 13.8 Å². The number of carbonyl (C=O) groups excluding carboxylic acids is 3. The normalized spacial score (nSPS) is 22.8. The molecule has 1 fully saturated rings. The Hall–Kier alpha value is -1.79. The summed E-state index contributed by atoms with van der Waals surface area (Å²) >= 11 is 0. The number of amides is 2. The van der Waals surface area contributed by atoms with Crippen molar-refractivity contribution in [2.24, 2.45) is 5.92 Å². The number of hydrogen-bond donors (Lipinski definition) is 0. The quantitative estimate of drug-likeness (QED) is 0.570. The van der Waals surface area contributed by atoms with Gasteiger partial charge in [0, 0.05) is 0 Å². The SMILES string of the molecule is COC(=O)[C@@H]1OC(=O)N(C(=O)OC(C)(C)C)[C@H]1C(C)C. The number of carbonyl (C=O) groups is 3. The van der Waals surface area contributed by atoms with Crippen LogP contribution in [0, 0.1) is 5.92 Å². The van der Waals surface area contributed by atoms with E-state index in [0.29, 0.717) is 0 Å². The summed E-state index contributed by atoms with van der Waals surface area (Å²) in [6.45, 7) is 8.62. The van der Waals surface area contributed by atoms with Crippen LogP contribution < -0.4 is 0 Å². The van der Waals surface area contributed by atoms with Gasteiger partial charge in [-0.05, 0) is 26.7 Å². The third-order valence-electron chi connectivity index (χ3n) is 2.74. The number of methoxy groups -OCH3 is 1. The Bertz CT molecular complexity index is 412. The van der Waals surface area contributed by atoms with Crippen molar-refractivity contribution in [3.8, 4) is 0 Å². The van der Waals surface area contributed by atoms with Gasteiger partial charge in [0.15, 0.2) is 0 Å². The van der Waals surface area contributed by atoms with Crippen LogP contribution in [-0.4, -0.2) is 47.9 Å². The molecule has 0 aromatic carbocycles. The first kappa shape index (κ1) is 16.3. The Morgan fingerprint density at radius 2 is 1.85 bits per heavy atom. The maximum atomic E-state index is 12.1. The summed E-state index contributed by atoms with van der Waals surface area (Å²) in [5.41, 5.74) is -0.748. The lowest BCUT2D eigenvalue weighted by atomic mass is 9.98. The van der Waals surface area contributed by atoms with Crippen LogP contribution in [0.5, 0.6) is 0 Å². The summed E-state index contributed by atoms with van der Waals surface area (Å²) < 4.78 is 14.7. The van der Waals surface area contributed by atoms with Gasteiger partial charge in [0.05, 0.1) is 13.2 Å². The first-order valence-corrected chi connectivity index (χ1v) is 6.39. The van der Waals surface area contributed by atoms with E-state index in [1.165, 1.54) is 7.11 Å². The van der Waals surface area contributed by atoms with Crippen LogP contribution in [0.15, 0.2) is 0 Å². The fourth-order valence-electron chi connectivity index (χ4n) is 1.95. The van der Waals surface area contributed by atoms with Crippen LogP contribution >= 0.6 is 0 Å². The molecular formula is C13H21NO6. The minimum atomic E-state index is -1.12. The molecule has 0 N–H and O–H groups in total. The maximum absolute atomic E-state index is 12.1. The molecular weight excluding hydrogens is 266 g/mol. The lowest BCUT2D eigenvalue weighted by Crippen LogP contribution is -2.48. The highest BCUT2D eigenvalue weighted by molar-refractivity contribution is 5.93. The molecule has 0 aromatic heterocycles. The first-order valence-electron chi connectivity index (χ1n) is 6.39. The van der Waals surface area contributed by atoms with Gasteiger partial charge in [-0.3, -0.25) is 0 Å². The molecule has 1 heterocycles. The Balaban J connectivity index is 3.02. The summed E-state index contributed by atoms with van der Waals surface area (Å²) in [6, 6.07) is -0.746. The molecule has 1 aliphatic heterocycles. The van der Waals surface area contributed by atoms with Crippen molar-refractivity contribution in [1.29, 1.82) is 0 Å². The van der Waals surface area contributed by atoms with Crippen LogP contribution in [0.1, 0.15) is 34.6 Å². The highest BCUT2D eigenvalue weighted by atomic mass is 16.6. The second kappa shape index (κ2) is 5.68. The van der Waals surface area contributed by atoms with Crippen molar-refractivity contribution >= 4 is 18.2 Å². The molecule has 1 rings (SSSR count). The Morgan fingerprint density at radius 3 is 2.25 bits per heavy atom. The van der Waals surface area contributed by atoms with E-state index in [0.717, 1.165) is 4.90 Å². The average Bonchev–Trinajstić information content (AvgIpc) is 2.63. The van der Waals surface area contributed by atoms with Gasteiger partial charge in [-0.2, -0.15) is 0 Å². The summed E-state index contributed by atoms with van der Waals surface area (Å²) in [5.74, 6) is -0.874. The van der Waals surface area contributed by atoms with Crippen molar-refractivity contribution < 1.29 is 28.6 Å². The van der Waals surface area contributed by atoms with Gasteiger partial charge in [-0.25, -0.2) is 19.3 Å². The van der Waals surface area contributed by atoms with E-state index in [4.69, 9.17) is 9.47 Å². The van der Waals surface area contributed by atoms with Crippen LogP contribution in [0.2, 0.25) is 0 Å². The molecule has 0 bridgehead atoms. The van der Waals surface area contributed by atoms with Crippen LogP contribution in [0.25, 0.3) is 0 Å². The van der Waals surface area contributed by atoms with Crippen molar-refractivity contribution in [3.05, 3.63) is 0 Å². The molecule has 2 atom stereocenters. The third kappa shape index (κ3) is 3.40. The molecule has 114 valence electrons. The predicted molar refractivity (Wildman–Crippen MR) is 69.0 cm³/mol. The van der Waals surface area contributed by atoms with Crippen molar-refractivity contribution in [3.63, 3.8) is 0 Å². The van der Waals surface area contributed by atoms with Gasteiger partial charge in [-0.15, -0.1) is 0 Å². The number of rotatable bonds is 2. The van der Waals surface area contributed by atoms with Crippen molar-refractivity contribution in [2.75, 3.05) is 7.11 Å². The lowest BCUT2D eigenvalue weighted by Gasteiger charge is -2.28. The second-order valence-electron chi connectivity index (χ2n) is 5.91. The molecule has 0 saturated carbocycles. The van der Waals surface area contributed by atoms with E-state index >= 15 is 0 Å². The minimum Gasteiger partial charge on any atom is -0.466 e. The molecule has 7 heteroatoms. The fourth-order valence-corrected chi connectivity index (χ4v) is 1.95. The number of nitrogens with zero attached hydrogens (tertiary/aromatic N) is 1. The van der Waals surface area contributed by atoms with E-state index in [-0.39, 0.29) is 5.92 Å². The number of esters is 1. The third-order valence-corrected chi connectivity index (χ3v) is 2.74. The molecule has 1 aliphatic rings. The maximum Gasteiger partial charge on any atom is 0.420 e. The molecule has 0 unspecified atom stereocenters. The van der Waals surface area contributed by atoms with Gasteiger partial charge < -0.3 is 14.2 Å². The van der Waals surface area contributed by atoms with Crippen molar-refractivity contribution in [1.82, 2.24) is 4.90 Å². The van der Waals surface area contributed by atoms with Gasteiger partial charge in [0.1, 0.15) is 5.60 Å². The lowest BCUT2D eigenvalue weighted by molar-refractivity contribution is -0.150. The Morgan fingerprint density at radius 1 is 1.30 bits per heavy atom. The molecule has 7 nitrogen and oxygen atoms in total. The van der Waals surface area contributed by atoms with Crippen LogP contribution in [0.4, 0.5) is 9.59 Å². The zero-order valence-corrected chi connectivity index (χ0v) is 12.6. The largest absolute Gasteiger partial charge is 0.466 e. The topological polar surface area (TPSA) is 82.1 Å². The summed E-state index contributed by atoms with van der Waals surface area (Å²) in [7, 11) is 1.20. The van der Waals surface area contributed by atoms with Gasteiger partial charge in [0.2, 0.25) is 6.10 Å². The standard InChI is InChI=1S/C13H21NO6/c1-7(2)8-9(10(15)18-6)19-11(16)14(8)12(17)20-13(3,4)5/h7-9H,1-6H3/t8-,9+/m0/s1. The van der Waals surface area contributed by atoms with Crippen LogP contribution in [-0.2, 0) is 19.0 Å². The minimum absolute atomic E-state index is 0.182. The average molecular weight is 287 g/mol. The zero-order valence-electron chi connectivity index (χ0n) is 12.6. The molecule has 2 amide bonds. The molecule has 0 radical (unpaired) electrons. The Kier molecular flexibility index (Phi) is 4.62. The monoisotopic (exact) mass is 287 g/mol. The molecule has 20 heavy (non-hydrogen) atoms. The van der Waals surface area contributed by atoms with Gasteiger partial charge >= 0.3 is 18.2 Å². The molecule has 1 saturated heterocycles. The summed E-state index contributed by atoms with van der Waals surface area (Å²) in [6.07, 6.45) is -2.85. The summed E-state index contributed by atoms with van der Waals surface area (Å²) in [4.78, 5) is 36.4. The van der Waals surface area contributed by atoms with Crippen molar-refractivity contribution in [2.45, 2.75) is 52.4 Å². The number of cyclic esters (lactones) is 1. The zero-order chi connectivity index (χ0) is 15.7. The highest BCUT2D eigenvalue weighted by Gasteiger charge is 2.52. The highest BCUT2D eigenvalue weighted by Crippen LogP contribution is 2.28. The van der Waals surface area contributed by atoms with E-state index in [1.807, 2.05) is 0 Å². The fraction of sp³-hybridized carbons (Fsp3) is 0.769. The van der Waals surface area contributed by atoms with Gasteiger partial charge in [0.25, 0.3) is 0 Å². The second-order valence-corrected chi connectivity index (χ2v) is 5.91. The van der Waals surface area contributed by atoms with E-state index in [2.05, 4.69) is 4.74 Å². The van der Waals surface area contributed by atoms with Crippen LogP contribution in [0.3, 0.4) is 0 Å². The predicted octanol–water partition coefficient (Wildman–Crippen LogP) is 1.94. The Labute approximate surface area is 118 Å². The number of hydrogen-bond acceptors (Lipinski definition) is 6. The molecule has 0 spiro atoms. The summed E-state index contributed by atoms with van der Waals surface area (Å²) in [5, 5.41) is 0. The smallest absolute Gasteiger partial charge is 0.420 e. The van der Waals surface area contributed by atoms with E-state index < -0.39 is 35.9 Å². The number of imide groups is 1. The first-order chi connectivity index (χ1) is 9.08. The molecule has 0 aliphatic carbocycles.